The molecule has 1 aliphatic heterocycles. The molecule has 1 aliphatic carbocycles. The number of aliphatic carboxylic acids is 1. The van der Waals surface area contributed by atoms with E-state index in [-0.39, 0.29) is 30.1 Å². The third-order valence-electron chi connectivity index (χ3n) is 4.12. The van der Waals surface area contributed by atoms with Gasteiger partial charge in [0.05, 0.1) is 24.2 Å². The van der Waals surface area contributed by atoms with Crippen molar-refractivity contribution in [3.8, 4) is 0 Å². The molecule has 0 bridgehead atoms. The topological polar surface area (TPSA) is 94.9 Å². The number of rotatable bonds is 4. The summed E-state index contributed by atoms with van der Waals surface area (Å²) in [7, 11) is -3.05. The monoisotopic (exact) mass is 291 g/mol. The van der Waals surface area contributed by atoms with E-state index in [9.17, 15) is 18.3 Å². The molecule has 2 N–H and O–H groups in total. The van der Waals surface area contributed by atoms with Crippen LogP contribution in [0.4, 0.5) is 0 Å². The molecular formula is C12H21NO5S. The summed E-state index contributed by atoms with van der Waals surface area (Å²) in [5.41, 5.74) is 0. The third kappa shape index (κ3) is 3.67. The van der Waals surface area contributed by atoms with Crippen LogP contribution in [-0.4, -0.2) is 65.7 Å². The highest BCUT2D eigenvalue weighted by molar-refractivity contribution is 7.91. The lowest BCUT2D eigenvalue weighted by atomic mass is 9.90. The number of aliphatic hydroxyl groups excluding tert-OH is 1. The molecule has 1 heterocycles. The first-order valence-electron chi connectivity index (χ1n) is 6.75. The molecule has 0 aromatic carbocycles. The summed E-state index contributed by atoms with van der Waals surface area (Å²) >= 11 is 0. The van der Waals surface area contributed by atoms with Crippen molar-refractivity contribution in [2.45, 2.75) is 50.3 Å². The van der Waals surface area contributed by atoms with E-state index in [2.05, 4.69) is 0 Å². The van der Waals surface area contributed by atoms with E-state index in [1.165, 1.54) is 0 Å². The lowest BCUT2D eigenvalue weighted by Crippen LogP contribution is -2.52. The maximum absolute atomic E-state index is 11.6. The van der Waals surface area contributed by atoms with Crippen LogP contribution in [0.15, 0.2) is 0 Å². The second-order valence-corrected chi connectivity index (χ2v) is 7.77. The quantitative estimate of drug-likeness (QED) is 0.749. The predicted octanol–water partition coefficient (Wildman–Crippen LogP) is -0.136. The van der Waals surface area contributed by atoms with Gasteiger partial charge in [-0.3, -0.25) is 9.69 Å². The van der Waals surface area contributed by atoms with Gasteiger partial charge in [0.15, 0.2) is 9.84 Å². The minimum atomic E-state index is -3.05. The highest BCUT2D eigenvalue weighted by atomic mass is 32.2. The van der Waals surface area contributed by atoms with Crippen molar-refractivity contribution in [3.63, 3.8) is 0 Å². The van der Waals surface area contributed by atoms with Crippen LogP contribution in [-0.2, 0) is 14.6 Å². The Kier molecular flexibility index (Phi) is 4.47. The first kappa shape index (κ1) is 14.7. The summed E-state index contributed by atoms with van der Waals surface area (Å²) in [6, 6.07) is -0.484. The summed E-state index contributed by atoms with van der Waals surface area (Å²) in [4.78, 5) is 12.7. The van der Waals surface area contributed by atoms with Gasteiger partial charge in [-0.25, -0.2) is 8.42 Å². The molecule has 1 saturated heterocycles. The van der Waals surface area contributed by atoms with Gasteiger partial charge in [-0.05, 0) is 19.3 Å². The number of nitrogens with zero attached hydrogens (tertiary/aromatic N) is 1. The van der Waals surface area contributed by atoms with Crippen molar-refractivity contribution in [1.29, 1.82) is 0 Å². The van der Waals surface area contributed by atoms with Crippen LogP contribution in [0.5, 0.6) is 0 Å². The smallest absolute Gasteiger partial charge is 0.317 e. The summed E-state index contributed by atoms with van der Waals surface area (Å²) in [6.45, 7) is -0.193. The lowest BCUT2D eigenvalue weighted by Gasteiger charge is -2.39. The van der Waals surface area contributed by atoms with Gasteiger partial charge in [-0.2, -0.15) is 0 Å². The van der Waals surface area contributed by atoms with Gasteiger partial charge in [0.1, 0.15) is 0 Å². The molecule has 7 heteroatoms. The van der Waals surface area contributed by atoms with E-state index in [0.717, 1.165) is 19.3 Å². The van der Waals surface area contributed by atoms with Crippen molar-refractivity contribution >= 4 is 15.8 Å². The molecular weight excluding hydrogens is 270 g/mol. The average molecular weight is 291 g/mol. The molecule has 0 amide bonds. The number of hydrogen-bond acceptors (Lipinski definition) is 5. The second kappa shape index (κ2) is 5.76. The van der Waals surface area contributed by atoms with Crippen molar-refractivity contribution in [3.05, 3.63) is 0 Å². The molecule has 2 aliphatic rings. The van der Waals surface area contributed by atoms with Crippen molar-refractivity contribution in [2.75, 3.05) is 18.1 Å². The zero-order valence-electron chi connectivity index (χ0n) is 10.9. The van der Waals surface area contributed by atoms with E-state index in [4.69, 9.17) is 5.11 Å². The van der Waals surface area contributed by atoms with Gasteiger partial charge in [0.2, 0.25) is 0 Å². The lowest BCUT2D eigenvalue weighted by molar-refractivity contribution is -0.140. The van der Waals surface area contributed by atoms with Crippen LogP contribution in [0.25, 0.3) is 0 Å². The predicted molar refractivity (Wildman–Crippen MR) is 69.7 cm³/mol. The van der Waals surface area contributed by atoms with E-state index < -0.39 is 21.9 Å². The molecule has 3 atom stereocenters. The van der Waals surface area contributed by atoms with Crippen LogP contribution in [0.1, 0.15) is 32.1 Å². The molecule has 6 nitrogen and oxygen atoms in total. The van der Waals surface area contributed by atoms with Gasteiger partial charge in [0.25, 0.3) is 0 Å². The summed E-state index contributed by atoms with van der Waals surface area (Å²) in [5.74, 6) is -0.831. The molecule has 0 aromatic rings. The summed E-state index contributed by atoms with van der Waals surface area (Å²) in [5, 5.41) is 19.1. The number of sulfone groups is 1. The molecule has 0 radical (unpaired) electrons. The number of aliphatic hydroxyl groups is 1. The molecule has 0 spiro atoms. The highest BCUT2D eigenvalue weighted by Gasteiger charge is 2.39. The van der Waals surface area contributed by atoms with Crippen LogP contribution in [0.2, 0.25) is 0 Å². The fourth-order valence-corrected chi connectivity index (χ4v) is 4.93. The zero-order chi connectivity index (χ0) is 14.0. The maximum atomic E-state index is 11.6. The molecule has 2 rings (SSSR count). The third-order valence-corrected chi connectivity index (χ3v) is 5.87. The molecule has 1 saturated carbocycles. The fourth-order valence-electron chi connectivity index (χ4n) is 3.19. The molecule has 110 valence electrons. The van der Waals surface area contributed by atoms with Crippen molar-refractivity contribution < 1.29 is 23.4 Å². The van der Waals surface area contributed by atoms with Crippen LogP contribution < -0.4 is 0 Å². The van der Waals surface area contributed by atoms with Crippen molar-refractivity contribution in [2.24, 2.45) is 0 Å². The van der Waals surface area contributed by atoms with Crippen LogP contribution in [0, 0.1) is 0 Å². The minimum Gasteiger partial charge on any atom is -0.480 e. The van der Waals surface area contributed by atoms with Crippen LogP contribution >= 0.6 is 0 Å². The Morgan fingerprint density at radius 1 is 1.21 bits per heavy atom. The van der Waals surface area contributed by atoms with Crippen LogP contribution in [0.3, 0.4) is 0 Å². The number of carboxylic acids is 1. The van der Waals surface area contributed by atoms with Crippen molar-refractivity contribution in [1.82, 2.24) is 4.90 Å². The average Bonchev–Trinajstić information content (AvgIpc) is 2.67. The molecule has 0 aromatic heterocycles. The Labute approximate surface area is 113 Å². The van der Waals surface area contributed by atoms with Gasteiger partial charge < -0.3 is 10.2 Å². The van der Waals surface area contributed by atoms with E-state index in [1.54, 1.807) is 4.90 Å². The Bertz CT molecular complexity index is 435. The fraction of sp³-hybridized carbons (Fsp3) is 0.917. The van der Waals surface area contributed by atoms with Gasteiger partial charge >= 0.3 is 5.97 Å². The Hall–Kier alpha value is -0.660. The number of carboxylic acid groups (broad SMARTS) is 1. The normalized spacial score (nSPS) is 34.5. The highest BCUT2D eigenvalue weighted by Crippen LogP contribution is 2.28. The Balaban J connectivity index is 2.13. The first-order valence-corrected chi connectivity index (χ1v) is 8.57. The van der Waals surface area contributed by atoms with E-state index >= 15 is 0 Å². The molecule has 19 heavy (non-hydrogen) atoms. The van der Waals surface area contributed by atoms with E-state index in [1.807, 2.05) is 0 Å². The summed E-state index contributed by atoms with van der Waals surface area (Å²) in [6.07, 6.45) is 3.24. The van der Waals surface area contributed by atoms with E-state index in [0.29, 0.717) is 12.8 Å². The largest absolute Gasteiger partial charge is 0.480 e. The summed E-state index contributed by atoms with van der Waals surface area (Å²) < 4.78 is 23.1. The van der Waals surface area contributed by atoms with Gasteiger partial charge in [-0.1, -0.05) is 12.8 Å². The minimum absolute atomic E-state index is 0.0174. The Morgan fingerprint density at radius 3 is 2.42 bits per heavy atom. The number of hydrogen-bond donors (Lipinski definition) is 2. The molecule has 2 fully saturated rings. The van der Waals surface area contributed by atoms with Gasteiger partial charge in [0, 0.05) is 12.1 Å². The van der Waals surface area contributed by atoms with Gasteiger partial charge in [-0.15, -0.1) is 0 Å². The second-order valence-electron chi connectivity index (χ2n) is 5.54. The SMILES string of the molecule is O=C(O)CN(C1CCS(=O)(=O)C1)C1CCCCC1O. The number of carbonyl (C=O) groups is 1. The first-order chi connectivity index (χ1) is 8.89. The zero-order valence-corrected chi connectivity index (χ0v) is 11.7. The molecule has 3 unspecified atom stereocenters. The Morgan fingerprint density at radius 2 is 1.89 bits per heavy atom. The standard InChI is InChI=1S/C12H21NO5S/c14-11-4-2-1-3-10(11)13(7-12(15)16)9-5-6-19(17,18)8-9/h9-11,14H,1-8H2,(H,15,16). The maximum Gasteiger partial charge on any atom is 0.317 e.